The highest BCUT2D eigenvalue weighted by Gasteiger charge is 2.24. The minimum Gasteiger partial charge on any atom is -0.389 e. The Morgan fingerprint density at radius 2 is 2.07 bits per heavy atom. The zero-order valence-corrected chi connectivity index (χ0v) is 9.91. The summed E-state index contributed by atoms with van der Waals surface area (Å²) in [5.41, 5.74) is 0. The number of hydrogen-bond donors (Lipinski definition) is 2. The zero-order valence-electron chi connectivity index (χ0n) is 9.91. The van der Waals surface area contributed by atoms with Gasteiger partial charge in [-0.2, -0.15) is 0 Å². The summed E-state index contributed by atoms with van der Waals surface area (Å²) in [5, 5.41) is 12.8. The van der Waals surface area contributed by atoms with Crippen LogP contribution in [-0.2, 0) is 4.74 Å². The molecule has 90 valence electrons. The molecule has 0 amide bonds. The highest BCUT2D eigenvalue weighted by atomic mass is 16.5. The van der Waals surface area contributed by atoms with Crippen LogP contribution in [0, 0.1) is 0 Å². The molecule has 1 fully saturated rings. The minimum atomic E-state index is -0.321. The highest BCUT2D eigenvalue weighted by molar-refractivity contribution is 4.80. The van der Waals surface area contributed by atoms with Gasteiger partial charge in [0, 0.05) is 0 Å². The molecular weight excluding hydrogens is 192 g/mol. The molecule has 4 nitrogen and oxygen atoms in total. The van der Waals surface area contributed by atoms with Crippen LogP contribution >= 0.6 is 0 Å². The number of ether oxygens (including phenoxy) is 1. The molecule has 4 heteroatoms. The standard InChI is InChI=1S/C11H24N2O2/c1-3-13(4-2)7-5-6-12-10-8-15-9-11(10)14/h10-12,14H,3-9H2,1-2H3/t10-,11-/m1/s1. The van der Waals surface area contributed by atoms with Gasteiger partial charge in [0.2, 0.25) is 0 Å². The molecule has 1 aliphatic heterocycles. The van der Waals surface area contributed by atoms with Gasteiger partial charge in [0.25, 0.3) is 0 Å². The SMILES string of the molecule is CCN(CC)CCCN[C@@H]1COC[C@H]1O. The van der Waals surface area contributed by atoms with Gasteiger partial charge < -0.3 is 20.1 Å². The third-order valence-corrected chi connectivity index (χ3v) is 3.00. The van der Waals surface area contributed by atoms with Crippen molar-refractivity contribution in [2.75, 3.05) is 39.4 Å². The third kappa shape index (κ3) is 4.47. The maximum atomic E-state index is 9.49. The van der Waals surface area contributed by atoms with Gasteiger partial charge in [-0.25, -0.2) is 0 Å². The molecule has 1 rings (SSSR count). The van der Waals surface area contributed by atoms with Crippen LogP contribution in [0.25, 0.3) is 0 Å². The minimum absolute atomic E-state index is 0.140. The molecule has 0 aromatic rings. The molecule has 1 aliphatic rings. The van der Waals surface area contributed by atoms with Crippen molar-refractivity contribution in [1.82, 2.24) is 10.2 Å². The van der Waals surface area contributed by atoms with Crippen LogP contribution in [0.15, 0.2) is 0 Å². The number of aliphatic hydroxyl groups excluding tert-OH is 1. The van der Waals surface area contributed by atoms with Crippen LogP contribution in [0.5, 0.6) is 0 Å². The Hall–Kier alpha value is -0.160. The Labute approximate surface area is 92.6 Å². The van der Waals surface area contributed by atoms with Gasteiger partial charge in [-0.1, -0.05) is 13.8 Å². The molecule has 0 aliphatic carbocycles. The molecule has 2 atom stereocenters. The van der Waals surface area contributed by atoms with Crippen molar-refractivity contribution in [3.8, 4) is 0 Å². The lowest BCUT2D eigenvalue weighted by Crippen LogP contribution is -2.40. The van der Waals surface area contributed by atoms with Crippen molar-refractivity contribution in [3.05, 3.63) is 0 Å². The van der Waals surface area contributed by atoms with E-state index in [4.69, 9.17) is 4.74 Å². The number of nitrogens with zero attached hydrogens (tertiary/aromatic N) is 1. The average molecular weight is 216 g/mol. The molecule has 1 saturated heterocycles. The van der Waals surface area contributed by atoms with Gasteiger partial charge in [0.15, 0.2) is 0 Å². The van der Waals surface area contributed by atoms with Crippen molar-refractivity contribution in [1.29, 1.82) is 0 Å². The molecule has 0 radical (unpaired) electrons. The van der Waals surface area contributed by atoms with Crippen molar-refractivity contribution in [2.45, 2.75) is 32.4 Å². The van der Waals surface area contributed by atoms with Crippen LogP contribution < -0.4 is 5.32 Å². The summed E-state index contributed by atoms with van der Waals surface area (Å²) in [4.78, 5) is 2.41. The first-order valence-electron chi connectivity index (χ1n) is 5.99. The first kappa shape index (κ1) is 12.9. The second kappa shape index (κ2) is 7.17. The molecular formula is C11H24N2O2. The number of hydrogen-bond acceptors (Lipinski definition) is 4. The first-order chi connectivity index (χ1) is 7.27. The second-order valence-electron chi connectivity index (χ2n) is 4.05. The Kier molecular flexibility index (Phi) is 6.17. The summed E-state index contributed by atoms with van der Waals surface area (Å²) in [6, 6.07) is 0.140. The summed E-state index contributed by atoms with van der Waals surface area (Å²) in [5.74, 6) is 0. The van der Waals surface area contributed by atoms with E-state index in [2.05, 4.69) is 24.1 Å². The van der Waals surface area contributed by atoms with Crippen LogP contribution in [-0.4, -0.2) is 61.5 Å². The highest BCUT2D eigenvalue weighted by Crippen LogP contribution is 2.04. The fraction of sp³-hybridized carbons (Fsp3) is 1.00. The molecule has 0 aromatic carbocycles. The van der Waals surface area contributed by atoms with Gasteiger partial charge in [0.05, 0.1) is 25.4 Å². The molecule has 0 bridgehead atoms. The number of nitrogens with one attached hydrogen (secondary N) is 1. The summed E-state index contributed by atoms with van der Waals surface area (Å²) in [6.07, 6.45) is 0.809. The predicted molar refractivity (Wildman–Crippen MR) is 61.0 cm³/mol. The molecule has 0 spiro atoms. The Morgan fingerprint density at radius 3 is 2.60 bits per heavy atom. The lowest BCUT2D eigenvalue weighted by atomic mass is 10.2. The zero-order chi connectivity index (χ0) is 11.1. The van der Waals surface area contributed by atoms with E-state index in [9.17, 15) is 5.11 Å². The Bertz CT molecular complexity index is 163. The normalized spacial score (nSPS) is 26.4. The smallest absolute Gasteiger partial charge is 0.0948 e. The Morgan fingerprint density at radius 1 is 1.33 bits per heavy atom. The van der Waals surface area contributed by atoms with Crippen molar-refractivity contribution in [2.24, 2.45) is 0 Å². The largest absolute Gasteiger partial charge is 0.389 e. The lowest BCUT2D eigenvalue weighted by molar-refractivity contribution is 0.122. The topological polar surface area (TPSA) is 44.7 Å². The molecule has 0 aromatic heterocycles. The van der Waals surface area contributed by atoms with Crippen LogP contribution in [0.1, 0.15) is 20.3 Å². The molecule has 15 heavy (non-hydrogen) atoms. The van der Waals surface area contributed by atoms with E-state index in [0.29, 0.717) is 13.2 Å². The van der Waals surface area contributed by atoms with Gasteiger partial charge in [-0.15, -0.1) is 0 Å². The molecule has 0 saturated carbocycles. The van der Waals surface area contributed by atoms with E-state index < -0.39 is 0 Å². The second-order valence-corrected chi connectivity index (χ2v) is 4.05. The lowest BCUT2D eigenvalue weighted by Gasteiger charge is -2.19. The van der Waals surface area contributed by atoms with E-state index in [1.54, 1.807) is 0 Å². The molecule has 1 heterocycles. The summed E-state index contributed by atoms with van der Waals surface area (Å²) < 4.78 is 5.17. The summed E-state index contributed by atoms with van der Waals surface area (Å²) >= 11 is 0. The van der Waals surface area contributed by atoms with E-state index >= 15 is 0 Å². The van der Waals surface area contributed by atoms with Gasteiger partial charge in [-0.3, -0.25) is 0 Å². The van der Waals surface area contributed by atoms with Crippen molar-refractivity contribution >= 4 is 0 Å². The van der Waals surface area contributed by atoms with Gasteiger partial charge in [-0.05, 0) is 32.6 Å². The molecule has 0 unspecified atom stereocenters. The number of rotatable bonds is 7. The van der Waals surface area contributed by atoms with Crippen LogP contribution in [0.4, 0.5) is 0 Å². The van der Waals surface area contributed by atoms with E-state index in [0.717, 1.165) is 32.6 Å². The fourth-order valence-electron chi connectivity index (χ4n) is 1.87. The van der Waals surface area contributed by atoms with E-state index in [1.165, 1.54) is 0 Å². The van der Waals surface area contributed by atoms with E-state index in [-0.39, 0.29) is 12.1 Å². The quantitative estimate of drug-likeness (QED) is 0.591. The van der Waals surface area contributed by atoms with Gasteiger partial charge >= 0.3 is 0 Å². The van der Waals surface area contributed by atoms with E-state index in [1.807, 2.05) is 0 Å². The maximum Gasteiger partial charge on any atom is 0.0948 e. The Balaban J connectivity index is 2.01. The summed E-state index contributed by atoms with van der Waals surface area (Å²) in [7, 11) is 0. The number of aliphatic hydroxyl groups is 1. The summed E-state index contributed by atoms with van der Waals surface area (Å²) in [6.45, 7) is 9.82. The average Bonchev–Trinajstić information content (AvgIpc) is 2.65. The van der Waals surface area contributed by atoms with Gasteiger partial charge in [0.1, 0.15) is 0 Å². The fourth-order valence-corrected chi connectivity index (χ4v) is 1.87. The van der Waals surface area contributed by atoms with Crippen molar-refractivity contribution < 1.29 is 9.84 Å². The van der Waals surface area contributed by atoms with Crippen molar-refractivity contribution in [3.63, 3.8) is 0 Å². The monoisotopic (exact) mass is 216 g/mol. The first-order valence-corrected chi connectivity index (χ1v) is 5.99. The predicted octanol–water partition coefficient (Wildman–Crippen LogP) is 0.0676. The molecule has 2 N–H and O–H groups in total. The third-order valence-electron chi connectivity index (χ3n) is 3.00. The van der Waals surface area contributed by atoms with Crippen LogP contribution in [0.2, 0.25) is 0 Å². The maximum absolute atomic E-state index is 9.49. The van der Waals surface area contributed by atoms with Crippen LogP contribution in [0.3, 0.4) is 0 Å².